The van der Waals surface area contributed by atoms with Crippen molar-refractivity contribution in [3.8, 4) is 51.7 Å². The van der Waals surface area contributed by atoms with Gasteiger partial charge < -0.3 is 46.0 Å². The third-order valence-corrected chi connectivity index (χ3v) is 5.05. The Morgan fingerprint density at radius 3 is 1.24 bits per heavy atom. The monoisotopic (exact) mass is 504 g/mol. The highest BCUT2D eigenvalue weighted by molar-refractivity contribution is 5.78. The van der Waals surface area contributed by atoms with E-state index in [1.54, 1.807) is 42.5 Å². The summed E-state index contributed by atoms with van der Waals surface area (Å²) < 4.78 is 0. The standard InChI is InChI=1S/C14H12O6.C14H12O3/c15-9-5-3-7(11(17)13(9)19)1-2-8-4-6-10(16)14(20)12(8)18;15-12-5-3-10(4-6-12)1-2-11-7-13(16)9-14(17)8-11/h1-6,15-20H;1-9,15-17H/b2*2-1+. The molecule has 0 heterocycles. The van der Waals surface area contributed by atoms with E-state index in [4.69, 9.17) is 5.11 Å². The molecule has 0 spiro atoms. The largest absolute Gasteiger partial charge is 0.508 e. The molecular formula is C28H24O9. The predicted octanol–water partition coefficient (Wildman–Crippen LogP) is 5.06. The van der Waals surface area contributed by atoms with E-state index < -0.39 is 34.5 Å². The molecule has 0 radical (unpaired) electrons. The fraction of sp³-hybridized carbons (Fsp3) is 0. The van der Waals surface area contributed by atoms with Crippen LogP contribution in [0.4, 0.5) is 0 Å². The maximum atomic E-state index is 9.61. The lowest BCUT2D eigenvalue weighted by Gasteiger charge is -2.05. The van der Waals surface area contributed by atoms with E-state index in [0.717, 1.165) is 5.56 Å². The Kier molecular flexibility index (Phi) is 8.01. The van der Waals surface area contributed by atoms with Crippen LogP contribution in [-0.2, 0) is 0 Å². The second kappa shape index (κ2) is 11.3. The van der Waals surface area contributed by atoms with Crippen molar-refractivity contribution in [3.05, 3.63) is 89.0 Å². The van der Waals surface area contributed by atoms with Crippen molar-refractivity contribution in [2.24, 2.45) is 0 Å². The van der Waals surface area contributed by atoms with Crippen LogP contribution in [0, 0.1) is 0 Å². The normalized spacial score (nSPS) is 10.9. The summed E-state index contributed by atoms with van der Waals surface area (Å²) in [6.45, 7) is 0. The molecular weight excluding hydrogens is 480 g/mol. The average Bonchev–Trinajstić information content (AvgIpc) is 2.86. The molecule has 0 amide bonds. The first-order chi connectivity index (χ1) is 17.5. The Bertz CT molecular complexity index is 1380. The van der Waals surface area contributed by atoms with Crippen molar-refractivity contribution < 1.29 is 46.0 Å². The number of aromatic hydroxyl groups is 9. The number of phenolic OH excluding ortho intramolecular Hbond substituents is 9. The minimum Gasteiger partial charge on any atom is -0.508 e. The van der Waals surface area contributed by atoms with E-state index in [1.807, 2.05) is 6.08 Å². The molecule has 37 heavy (non-hydrogen) atoms. The molecule has 4 rings (SSSR count). The molecule has 0 aliphatic carbocycles. The zero-order valence-electron chi connectivity index (χ0n) is 19.2. The second-order valence-corrected chi connectivity index (χ2v) is 7.78. The van der Waals surface area contributed by atoms with Gasteiger partial charge >= 0.3 is 0 Å². The summed E-state index contributed by atoms with van der Waals surface area (Å²) in [7, 11) is 0. The van der Waals surface area contributed by atoms with Gasteiger partial charge in [0.15, 0.2) is 23.0 Å². The molecule has 0 unspecified atom stereocenters. The smallest absolute Gasteiger partial charge is 0.200 e. The second-order valence-electron chi connectivity index (χ2n) is 7.78. The molecule has 4 aromatic rings. The molecule has 0 atom stereocenters. The van der Waals surface area contributed by atoms with Crippen LogP contribution in [0.25, 0.3) is 24.3 Å². The van der Waals surface area contributed by atoms with Gasteiger partial charge in [-0.3, -0.25) is 0 Å². The molecule has 9 heteroatoms. The van der Waals surface area contributed by atoms with E-state index in [2.05, 4.69) is 0 Å². The summed E-state index contributed by atoms with van der Waals surface area (Å²) in [6, 6.07) is 16.2. The molecule has 0 aromatic heterocycles. The van der Waals surface area contributed by atoms with Crippen LogP contribution in [0.5, 0.6) is 51.7 Å². The van der Waals surface area contributed by atoms with Gasteiger partial charge in [0.1, 0.15) is 17.2 Å². The maximum absolute atomic E-state index is 9.61. The van der Waals surface area contributed by atoms with Gasteiger partial charge in [0.05, 0.1) is 0 Å². The molecule has 0 bridgehead atoms. The molecule has 9 N–H and O–H groups in total. The number of phenols is 9. The minimum absolute atomic E-state index is 0.0235. The van der Waals surface area contributed by atoms with Gasteiger partial charge in [-0.2, -0.15) is 0 Å². The lowest BCUT2D eigenvalue weighted by Crippen LogP contribution is -1.79. The van der Waals surface area contributed by atoms with Gasteiger partial charge in [-0.25, -0.2) is 0 Å². The molecule has 9 nitrogen and oxygen atoms in total. The average molecular weight is 504 g/mol. The highest BCUT2D eigenvalue weighted by Crippen LogP contribution is 2.40. The Labute approximate surface area is 211 Å². The molecule has 0 saturated carbocycles. The molecule has 0 aliphatic heterocycles. The highest BCUT2D eigenvalue weighted by atomic mass is 16.3. The summed E-state index contributed by atoms with van der Waals surface area (Å²) in [5, 5.41) is 84.0. The van der Waals surface area contributed by atoms with Crippen LogP contribution in [0.15, 0.2) is 66.7 Å². The molecule has 0 aliphatic rings. The number of rotatable bonds is 4. The minimum atomic E-state index is -0.648. The quantitative estimate of drug-likeness (QED) is 0.135. The fourth-order valence-electron chi connectivity index (χ4n) is 3.11. The van der Waals surface area contributed by atoms with E-state index in [0.29, 0.717) is 5.56 Å². The van der Waals surface area contributed by atoms with Crippen LogP contribution < -0.4 is 0 Å². The zero-order valence-corrected chi connectivity index (χ0v) is 19.2. The van der Waals surface area contributed by atoms with Crippen LogP contribution in [0.1, 0.15) is 22.3 Å². The van der Waals surface area contributed by atoms with Gasteiger partial charge in [-0.1, -0.05) is 36.4 Å². The van der Waals surface area contributed by atoms with Crippen LogP contribution in [0.2, 0.25) is 0 Å². The first kappa shape index (κ1) is 26.2. The van der Waals surface area contributed by atoms with Crippen molar-refractivity contribution in [2.45, 2.75) is 0 Å². The van der Waals surface area contributed by atoms with Gasteiger partial charge in [-0.15, -0.1) is 0 Å². The lowest BCUT2D eigenvalue weighted by atomic mass is 10.1. The molecule has 0 fully saturated rings. The van der Waals surface area contributed by atoms with Crippen molar-refractivity contribution in [1.29, 1.82) is 0 Å². The van der Waals surface area contributed by atoms with E-state index in [1.165, 1.54) is 42.5 Å². The van der Waals surface area contributed by atoms with Crippen LogP contribution in [-0.4, -0.2) is 46.0 Å². The fourth-order valence-corrected chi connectivity index (χ4v) is 3.11. The predicted molar refractivity (Wildman–Crippen MR) is 139 cm³/mol. The first-order valence-corrected chi connectivity index (χ1v) is 10.7. The maximum Gasteiger partial charge on any atom is 0.200 e. The number of hydrogen-bond donors (Lipinski definition) is 9. The number of hydrogen-bond acceptors (Lipinski definition) is 9. The third-order valence-electron chi connectivity index (χ3n) is 5.05. The van der Waals surface area contributed by atoms with Crippen LogP contribution >= 0.6 is 0 Å². The van der Waals surface area contributed by atoms with Gasteiger partial charge in [0.25, 0.3) is 0 Å². The Morgan fingerprint density at radius 1 is 0.351 bits per heavy atom. The van der Waals surface area contributed by atoms with Crippen molar-refractivity contribution in [3.63, 3.8) is 0 Å². The molecule has 0 saturated heterocycles. The summed E-state index contributed by atoms with van der Waals surface area (Å²) in [5.41, 5.74) is 2.03. The topological polar surface area (TPSA) is 182 Å². The van der Waals surface area contributed by atoms with E-state index >= 15 is 0 Å². The molecule has 190 valence electrons. The third kappa shape index (κ3) is 6.80. The summed E-state index contributed by atoms with van der Waals surface area (Å²) in [5.74, 6) is -2.96. The SMILES string of the molecule is Oc1ccc(/C=C/c2cc(O)cc(O)c2)cc1.Oc1ccc(/C=C/c2ccc(O)c(O)c2O)c(O)c1O. The van der Waals surface area contributed by atoms with Gasteiger partial charge in [0.2, 0.25) is 11.5 Å². The summed E-state index contributed by atoms with van der Waals surface area (Å²) in [6.07, 6.45) is 6.32. The van der Waals surface area contributed by atoms with E-state index in [9.17, 15) is 40.9 Å². The molecule has 4 aromatic carbocycles. The lowest BCUT2D eigenvalue weighted by molar-refractivity contribution is 0.367. The van der Waals surface area contributed by atoms with Gasteiger partial charge in [-0.05, 0) is 59.7 Å². The van der Waals surface area contributed by atoms with Crippen molar-refractivity contribution in [1.82, 2.24) is 0 Å². The Morgan fingerprint density at radius 2 is 0.784 bits per heavy atom. The number of benzene rings is 4. The summed E-state index contributed by atoms with van der Waals surface area (Å²) in [4.78, 5) is 0. The van der Waals surface area contributed by atoms with Crippen molar-refractivity contribution >= 4 is 24.3 Å². The first-order valence-electron chi connectivity index (χ1n) is 10.7. The van der Waals surface area contributed by atoms with Gasteiger partial charge in [0, 0.05) is 17.2 Å². The highest BCUT2D eigenvalue weighted by Gasteiger charge is 2.11. The van der Waals surface area contributed by atoms with Crippen molar-refractivity contribution in [2.75, 3.05) is 0 Å². The summed E-state index contributed by atoms with van der Waals surface area (Å²) >= 11 is 0. The van der Waals surface area contributed by atoms with E-state index in [-0.39, 0.29) is 28.4 Å². The van der Waals surface area contributed by atoms with Crippen LogP contribution in [0.3, 0.4) is 0 Å². The zero-order chi connectivity index (χ0) is 27.1. The Hall–Kier alpha value is -5.44. The Balaban J connectivity index is 0.000000208.